The number of aliphatic hydroxyl groups excluding tert-OH is 1. The van der Waals surface area contributed by atoms with Crippen molar-refractivity contribution in [3.05, 3.63) is 46.7 Å². The van der Waals surface area contributed by atoms with E-state index < -0.39 is 24.7 Å². The lowest BCUT2D eigenvalue weighted by Crippen LogP contribution is -2.47. The molecule has 0 bridgehead atoms. The third-order valence-electron chi connectivity index (χ3n) is 3.12. The first-order valence-electron chi connectivity index (χ1n) is 6.53. The molecule has 0 aliphatic carbocycles. The monoisotopic (exact) mass is 347 g/mol. The summed E-state index contributed by atoms with van der Waals surface area (Å²) in [7, 11) is 0. The molecular weight excluding hydrogens is 335 g/mol. The average molecular weight is 348 g/mol. The van der Waals surface area contributed by atoms with Crippen LogP contribution in [0.5, 0.6) is 0 Å². The Hall–Kier alpha value is -2.06. The van der Waals surface area contributed by atoms with E-state index in [1.54, 1.807) is 29.6 Å². The molecule has 1 heterocycles. The van der Waals surface area contributed by atoms with Crippen molar-refractivity contribution in [1.29, 1.82) is 0 Å². The SMILES string of the molecule is Cc1nn(-c2ccc(Cl)cc2)cc1C(=O)N[C@H](CO)C(F)(F)F. The molecule has 1 aromatic heterocycles. The summed E-state index contributed by atoms with van der Waals surface area (Å²) in [5.41, 5.74) is 0.852. The molecule has 0 radical (unpaired) electrons. The Bertz CT molecular complexity index is 698. The molecule has 0 saturated carbocycles. The number of rotatable bonds is 4. The number of aliphatic hydroxyl groups is 1. The van der Waals surface area contributed by atoms with Crippen molar-refractivity contribution in [2.24, 2.45) is 0 Å². The Balaban J connectivity index is 2.24. The number of nitrogens with zero attached hydrogens (tertiary/aromatic N) is 2. The quantitative estimate of drug-likeness (QED) is 0.893. The second-order valence-electron chi connectivity index (χ2n) is 4.80. The smallest absolute Gasteiger partial charge is 0.394 e. The number of hydrogen-bond donors (Lipinski definition) is 2. The molecular formula is C14H13ClF3N3O2. The van der Waals surface area contributed by atoms with E-state index in [0.717, 1.165) is 0 Å². The fourth-order valence-corrected chi connectivity index (χ4v) is 2.00. The maximum Gasteiger partial charge on any atom is 0.410 e. The van der Waals surface area contributed by atoms with Gasteiger partial charge < -0.3 is 10.4 Å². The van der Waals surface area contributed by atoms with E-state index >= 15 is 0 Å². The van der Waals surface area contributed by atoms with Crippen molar-refractivity contribution in [3.8, 4) is 5.69 Å². The third-order valence-corrected chi connectivity index (χ3v) is 3.37. The number of carbonyl (C=O) groups excluding carboxylic acids is 1. The fourth-order valence-electron chi connectivity index (χ4n) is 1.88. The zero-order chi connectivity index (χ0) is 17.2. The van der Waals surface area contributed by atoms with Crippen molar-refractivity contribution >= 4 is 17.5 Å². The summed E-state index contributed by atoms with van der Waals surface area (Å²) in [5.74, 6) is -0.959. The molecule has 1 aromatic carbocycles. The molecule has 2 aromatic rings. The minimum absolute atomic E-state index is 0.0114. The van der Waals surface area contributed by atoms with Gasteiger partial charge in [-0.3, -0.25) is 4.79 Å². The summed E-state index contributed by atoms with van der Waals surface area (Å²) in [6.45, 7) is 0.266. The van der Waals surface area contributed by atoms with Gasteiger partial charge in [-0.1, -0.05) is 11.6 Å². The first kappa shape index (κ1) is 17.3. The van der Waals surface area contributed by atoms with Crippen molar-refractivity contribution < 1.29 is 23.1 Å². The summed E-state index contributed by atoms with van der Waals surface area (Å²) in [4.78, 5) is 12.0. The zero-order valence-electron chi connectivity index (χ0n) is 11.9. The number of hydrogen-bond acceptors (Lipinski definition) is 3. The first-order chi connectivity index (χ1) is 10.7. The second kappa shape index (κ2) is 6.59. The van der Waals surface area contributed by atoms with Crippen LogP contribution in [0.4, 0.5) is 13.2 Å². The lowest BCUT2D eigenvalue weighted by molar-refractivity contribution is -0.161. The molecule has 2 N–H and O–H groups in total. The van der Waals surface area contributed by atoms with Crippen LogP contribution in [-0.2, 0) is 0 Å². The van der Waals surface area contributed by atoms with Gasteiger partial charge in [0.2, 0.25) is 0 Å². The summed E-state index contributed by atoms with van der Waals surface area (Å²) in [6.07, 6.45) is -3.41. The maximum atomic E-state index is 12.6. The number of amides is 1. The number of benzene rings is 1. The van der Waals surface area contributed by atoms with Crippen LogP contribution in [0.3, 0.4) is 0 Å². The molecule has 0 spiro atoms. The predicted molar refractivity (Wildman–Crippen MR) is 77.7 cm³/mol. The molecule has 0 saturated heterocycles. The van der Waals surface area contributed by atoms with E-state index in [0.29, 0.717) is 10.7 Å². The average Bonchev–Trinajstić information content (AvgIpc) is 2.86. The van der Waals surface area contributed by atoms with Gasteiger partial charge in [-0.15, -0.1) is 0 Å². The zero-order valence-corrected chi connectivity index (χ0v) is 12.7. The first-order valence-corrected chi connectivity index (χ1v) is 6.91. The van der Waals surface area contributed by atoms with Gasteiger partial charge in [-0.05, 0) is 31.2 Å². The lowest BCUT2D eigenvalue weighted by atomic mass is 10.2. The molecule has 9 heteroatoms. The lowest BCUT2D eigenvalue weighted by Gasteiger charge is -2.18. The summed E-state index contributed by atoms with van der Waals surface area (Å²) < 4.78 is 39.2. The number of alkyl halides is 3. The van der Waals surface area contributed by atoms with E-state index in [9.17, 15) is 18.0 Å². The van der Waals surface area contributed by atoms with E-state index in [4.69, 9.17) is 16.7 Å². The van der Waals surface area contributed by atoms with Crippen LogP contribution in [0.2, 0.25) is 5.02 Å². The van der Waals surface area contributed by atoms with E-state index in [1.165, 1.54) is 17.8 Å². The van der Waals surface area contributed by atoms with Gasteiger partial charge in [0.1, 0.15) is 6.04 Å². The third kappa shape index (κ3) is 4.02. The second-order valence-corrected chi connectivity index (χ2v) is 5.24. The number of halogens is 4. The van der Waals surface area contributed by atoms with Gasteiger partial charge in [-0.25, -0.2) is 4.68 Å². The predicted octanol–water partition coefficient (Wildman–Crippen LogP) is 2.49. The molecule has 5 nitrogen and oxygen atoms in total. The van der Waals surface area contributed by atoms with Crippen LogP contribution < -0.4 is 5.32 Å². The molecule has 0 fully saturated rings. The Kier molecular flexibility index (Phi) is 4.96. The fraction of sp³-hybridized carbons (Fsp3) is 0.286. The van der Waals surface area contributed by atoms with Crippen LogP contribution in [0.15, 0.2) is 30.5 Å². The highest BCUT2D eigenvalue weighted by molar-refractivity contribution is 6.30. The van der Waals surface area contributed by atoms with Crippen LogP contribution in [0.1, 0.15) is 16.1 Å². The largest absolute Gasteiger partial charge is 0.410 e. The van der Waals surface area contributed by atoms with Gasteiger partial charge in [0.25, 0.3) is 5.91 Å². The van der Waals surface area contributed by atoms with Gasteiger partial charge >= 0.3 is 6.18 Å². The molecule has 124 valence electrons. The van der Waals surface area contributed by atoms with Crippen LogP contribution in [0, 0.1) is 6.92 Å². The van der Waals surface area contributed by atoms with Crippen LogP contribution in [-0.4, -0.2) is 39.6 Å². The Morgan fingerprint density at radius 3 is 2.52 bits per heavy atom. The Morgan fingerprint density at radius 1 is 1.39 bits per heavy atom. The number of carbonyl (C=O) groups is 1. The minimum Gasteiger partial charge on any atom is -0.394 e. The van der Waals surface area contributed by atoms with Gasteiger partial charge in [-0.2, -0.15) is 18.3 Å². The highest BCUT2D eigenvalue weighted by Crippen LogP contribution is 2.21. The van der Waals surface area contributed by atoms with Crippen molar-refractivity contribution in [2.45, 2.75) is 19.1 Å². The topological polar surface area (TPSA) is 67.2 Å². The van der Waals surface area contributed by atoms with Crippen molar-refractivity contribution in [1.82, 2.24) is 15.1 Å². The maximum absolute atomic E-state index is 12.6. The van der Waals surface area contributed by atoms with E-state index in [-0.39, 0.29) is 11.3 Å². The number of aromatic nitrogens is 2. The standard InChI is InChI=1S/C14H13ClF3N3O2/c1-8-11(13(23)19-12(7-22)14(16,17)18)6-21(20-8)10-4-2-9(15)3-5-10/h2-6,12,22H,7H2,1H3,(H,19,23)/t12-/m1/s1. The van der Waals surface area contributed by atoms with Gasteiger partial charge in [0.15, 0.2) is 0 Å². The highest BCUT2D eigenvalue weighted by atomic mass is 35.5. The van der Waals surface area contributed by atoms with E-state index in [2.05, 4.69) is 5.10 Å². The number of aryl methyl sites for hydroxylation is 1. The van der Waals surface area contributed by atoms with Crippen LogP contribution >= 0.6 is 11.6 Å². The molecule has 23 heavy (non-hydrogen) atoms. The molecule has 1 atom stereocenters. The molecule has 0 aliphatic heterocycles. The Morgan fingerprint density at radius 2 is 2.00 bits per heavy atom. The normalized spacial score (nSPS) is 13.0. The summed E-state index contributed by atoms with van der Waals surface area (Å²) in [6, 6.07) is 4.23. The molecule has 0 unspecified atom stereocenters. The molecule has 0 aliphatic rings. The Labute approximate surface area is 134 Å². The minimum atomic E-state index is -4.73. The molecule has 2 rings (SSSR count). The number of nitrogens with one attached hydrogen (secondary N) is 1. The molecule has 1 amide bonds. The summed E-state index contributed by atoms with van der Waals surface area (Å²) in [5, 5.41) is 15.1. The van der Waals surface area contributed by atoms with Gasteiger partial charge in [0, 0.05) is 11.2 Å². The highest BCUT2D eigenvalue weighted by Gasteiger charge is 2.40. The summed E-state index contributed by atoms with van der Waals surface area (Å²) >= 11 is 5.78. The van der Waals surface area contributed by atoms with Crippen molar-refractivity contribution in [2.75, 3.05) is 6.61 Å². The van der Waals surface area contributed by atoms with Crippen LogP contribution in [0.25, 0.3) is 5.69 Å². The van der Waals surface area contributed by atoms with E-state index in [1.807, 2.05) is 0 Å². The van der Waals surface area contributed by atoms with Gasteiger partial charge in [0.05, 0.1) is 23.6 Å². The van der Waals surface area contributed by atoms with Crippen molar-refractivity contribution in [3.63, 3.8) is 0 Å².